The van der Waals surface area contributed by atoms with E-state index in [0.717, 1.165) is 51.4 Å². The van der Waals surface area contributed by atoms with E-state index in [1.807, 2.05) is 65.0 Å². The van der Waals surface area contributed by atoms with Crippen LogP contribution in [0.5, 0.6) is 0 Å². The lowest BCUT2D eigenvalue weighted by atomic mass is 9.95. The molecule has 1 aliphatic heterocycles. The molecule has 0 unspecified atom stereocenters. The summed E-state index contributed by atoms with van der Waals surface area (Å²) in [5.41, 5.74) is 5.06. The van der Waals surface area contributed by atoms with Gasteiger partial charge in [-0.1, -0.05) is 68.0 Å². The van der Waals surface area contributed by atoms with Crippen molar-refractivity contribution in [2.24, 2.45) is 0 Å². The number of hydrogen-bond donors (Lipinski definition) is 1. The highest BCUT2D eigenvalue weighted by Crippen LogP contribution is 2.39. The standard InChI is InChI=1S/C31H36N7O2/c1-7-10-27-26(29(39)37(20(2)32-27)19-23-18-30(3,4)38(40)31(23,5)6)17-21-13-15-22(16-14-21)24-11-8-9-12-25(24)28-33-35-36-34-28/h8-9,11-16,18H,7,10,17,19H2,1-6H3,(H,33,34,35,36). The van der Waals surface area contributed by atoms with Crippen LogP contribution in [0, 0.1) is 6.92 Å². The summed E-state index contributed by atoms with van der Waals surface area (Å²) in [4.78, 5) is 18.9. The van der Waals surface area contributed by atoms with E-state index in [1.165, 1.54) is 0 Å². The van der Waals surface area contributed by atoms with Crippen molar-refractivity contribution in [3.05, 3.63) is 93.2 Å². The first-order valence-corrected chi connectivity index (χ1v) is 13.7. The molecule has 0 saturated heterocycles. The second-order valence-corrected chi connectivity index (χ2v) is 11.6. The average Bonchev–Trinajstić information content (AvgIpc) is 3.52. The highest BCUT2D eigenvalue weighted by molar-refractivity contribution is 5.80. The number of rotatable bonds is 8. The maximum atomic E-state index is 14.0. The molecule has 5 rings (SSSR count). The summed E-state index contributed by atoms with van der Waals surface area (Å²) in [6, 6.07) is 16.2. The number of aromatic nitrogens is 6. The van der Waals surface area contributed by atoms with Crippen LogP contribution in [-0.2, 0) is 24.6 Å². The van der Waals surface area contributed by atoms with Crippen molar-refractivity contribution >= 4 is 0 Å². The molecule has 0 saturated carbocycles. The summed E-state index contributed by atoms with van der Waals surface area (Å²) in [6.45, 7) is 12.0. The minimum absolute atomic E-state index is 0.0404. The number of nitrogens with zero attached hydrogens (tertiary/aromatic N) is 6. The topological polar surface area (TPSA) is 112 Å². The van der Waals surface area contributed by atoms with Gasteiger partial charge in [-0.05, 0) is 68.5 Å². The largest absolute Gasteiger partial charge is 0.292 e. The molecule has 1 N–H and O–H groups in total. The third-order valence-electron chi connectivity index (χ3n) is 7.86. The van der Waals surface area contributed by atoms with E-state index >= 15 is 0 Å². The third-order valence-corrected chi connectivity index (χ3v) is 7.86. The van der Waals surface area contributed by atoms with Gasteiger partial charge >= 0.3 is 0 Å². The first-order valence-electron chi connectivity index (χ1n) is 13.7. The molecule has 9 nitrogen and oxygen atoms in total. The van der Waals surface area contributed by atoms with Crippen LogP contribution < -0.4 is 5.56 Å². The Morgan fingerprint density at radius 3 is 2.27 bits per heavy atom. The fourth-order valence-corrected chi connectivity index (χ4v) is 5.70. The summed E-state index contributed by atoms with van der Waals surface area (Å²) in [6.07, 6.45) is 4.11. The molecule has 1 radical (unpaired) electrons. The van der Waals surface area contributed by atoms with Gasteiger partial charge in [0.05, 0.1) is 23.3 Å². The van der Waals surface area contributed by atoms with Crippen LogP contribution >= 0.6 is 0 Å². The second-order valence-electron chi connectivity index (χ2n) is 11.6. The van der Waals surface area contributed by atoms with Gasteiger partial charge in [0.15, 0.2) is 0 Å². The van der Waals surface area contributed by atoms with Crippen LogP contribution in [0.4, 0.5) is 0 Å². The van der Waals surface area contributed by atoms with E-state index in [-0.39, 0.29) is 5.56 Å². The number of tetrazole rings is 1. The molecule has 9 heteroatoms. The van der Waals surface area contributed by atoms with Gasteiger partial charge in [-0.25, -0.2) is 4.98 Å². The van der Waals surface area contributed by atoms with Crippen molar-refractivity contribution in [3.63, 3.8) is 0 Å². The fourth-order valence-electron chi connectivity index (χ4n) is 5.70. The number of benzene rings is 2. The van der Waals surface area contributed by atoms with Gasteiger partial charge in [-0.15, -0.1) is 20.5 Å². The molecule has 0 aliphatic carbocycles. The zero-order chi connectivity index (χ0) is 28.7. The summed E-state index contributed by atoms with van der Waals surface area (Å²) < 4.78 is 1.73. The zero-order valence-corrected chi connectivity index (χ0v) is 24.0. The van der Waals surface area contributed by atoms with E-state index in [0.29, 0.717) is 30.2 Å². The molecule has 40 heavy (non-hydrogen) atoms. The first kappa shape index (κ1) is 27.6. The highest BCUT2D eigenvalue weighted by Gasteiger charge is 2.46. The van der Waals surface area contributed by atoms with Crippen LogP contribution in [-0.4, -0.2) is 46.3 Å². The smallest absolute Gasteiger partial charge is 0.257 e. The minimum Gasteiger partial charge on any atom is -0.292 e. The van der Waals surface area contributed by atoms with Crippen LogP contribution in [0.1, 0.15) is 63.7 Å². The lowest BCUT2D eigenvalue weighted by Crippen LogP contribution is -2.47. The van der Waals surface area contributed by atoms with Gasteiger partial charge in [0.25, 0.3) is 5.56 Å². The van der Waals surface area contributed by atoms with Crippen LogP contribution in [0.2, 0.25) is 0 Å². The number of hydroxylamine groups is 2. The molecule has 0 amide bonds. The molecule has 3 heterocycles. The Bertz CT molecular complexity index is 1600. The molecule has 2 aromatic carbocycles. The molecule has 0 spiro atoms. The van der Waals surface area contributed by atoms with Crippen molar-refractivity contribution < 1.29 is 5.21 Å². The Morgan fingerprint density at radius 2 is 1.68 bits per heavy atom. The lowest BCUT2D eigenvalue weighted by Gasteiger charge is -2.34. The normalized spacial score (nSPS) is 16.3. The van der Waals surface area contributed by atoms with Crippen molar-refractivity contribution in [2.75, 3.05) is 0 Å². The van der Waals surface area contributed by atoms with Crippen molar-refractivity contribution in [2.45, 2.75) is 78.4 Å². The van der Waals surface area contributed by atoms with Gasteiger partial charge in [0, 0.05) is 17.5 Å². The van der Waals surface area contributed by atoms with E-state index in [2.05, 4.69) is 51.8 Å². The van der Waals surface area contributed by atoms with Crippen LogP contribution in [0.25, 0.3) is 22.5 Å². The zero-order valence-electron chi connectivity index (χ0n) is 24.0. The maximum Gasteiger partial charge on any atom is 0.257 e. The minimum atomic E-state index is -0.703. The number of aromatic amines is 1. The van der Waals surface area contributed by atoms with Gasteiger partial charge in [-0.3, -0.25) is 9.36 Å². The average molecular weight is 539 g/mol. The molecular formula is C31H36N7O2. The third kappa shape index (κ3) is 5.02. The fraction of sp³-hybridized carbons (Fsp3) is 0.387. The Labute approximate surface area is 234 Å². The van der Waals surface area contributed by atoms with Crippen molar-refractivity contribution in [3.8, 4) is 22.5 Å². The predicted molar refractivity (Wildman–Crippen MR) is 154 cm³/mol. The quantitative estimate of drug-likeness (QED) is 0.313. The van der Waals surface area contributed by atoms with E-state index in [9.17, 15) is 10.0 Å². The van der Waals surface area contributed by atoms with Crippen LogP contribution in [0.3, 0.4) is 0 Å². The molecule has 0 fully saturated rings. The Kier molecular flexibility index (Phi) is 7.29. The van der Waals surface area contributed by atoms with Crippen molar-refractivity contribution in [1.82, 2.24) is 35.2 Å². The number of nitrogens with one attached hydrogen (secondary N) is 1. The monoisotopic (exact) mass is 538 g/mol. The SMILES string of the molecule is CCCc1nc(C)n(CC2=CC(C)(C)N([O])C2(C)C)c(=O)c1Cc1ccc(-c2ccccc2-c2nn[nH]n2)cc1. The van der Waals surface area contributed by atoms with Gasteiger partial charge < -0.3 is 0 Å². The Morgan fingerprint density at radius 1 is 0.975 bits per heavy atom. The summed E-state index contributed by atoms with van der Waals surface area (Å²) in [5, 5.41) is 28.5. The van der Waals surface area contributed by atoms with E-state index in [4.69, 9.17) is 4.98 Å². The lowest BCUT2D eigenvalue weighted by molar-refractivity contribution is -0.238. The molecule has 1 aliphatic rings. The molecule has 207 valence electrons. The number of H-pyrrole nitrogens is 1. The van der Waals surface area contributed by atoms with Gasteiger partial charge in [-0.2, -0.15) is 5.21 Å². The van der Waals surface area contributed by atoms with E-state index in [1.54, 1.807) is 4.57 Å². The van der Waals surface area contributed by atoms with E-state index < -0.39 is 11.1 Å². The second kappa shape index (κ2) is 10.6. The highest BCUT2D eigenvalue weighted by atomic mass is 16.5. The van der Waals surface area contributed by atoms with Crippen molar-refractivity contribution in [1.29, 1.82) is 0 Å². The molecule has 0 bridgehead atoms. The number of aryl methyl sites for hydroxylation is 2. The van der Waals surface area contributed by atoms with Gasteiger partial charge in [0.2, 0.25) is 5.82 Å². The Hall–Kier alpha value is -3.95. The molecule has 0 atom stereocenters. The first-order chi connectivity index (χ1) is 19.0. The Balaban J connectivity index is 1.48. The van der Waals surface area contributed by atoms with Gasteiger partial charge in [0.1, 0.15) is 5.82 Å². The summed E-state index contributed by atoms with van der Waals surface area (Å²) >= 11 is 0. The summed E-state index contributed by atoms with van der Waals surface area (Å²) in [7, 11) is 0. The molecular weight excluding hydrogens is 502 g/mol. The number of hydrogen-bond acceptors (Lipinski definition) is 6. The predicted octanol–water partition coefficient (Wildman–Crippen LogP) is 5.09. The molecule has 2 aromatic heterocycles. The summed E-state index contributed by atoms with van der Waals surface area (Å²) in [5.74, 6) is 1.21. The maximum absolute atomic E-state index is 14.0. The molecule has 4 aromatic rings. The van der Waals surface area contributed by atoms with Crippen LogP contribution in [0.15, 0.2) is 65.0 Å².